The fourth-order valence-electron chi connectivity index (χ4n) is 3.53. The Labute approximate surface area is 185 Å². The average molecular weight is 442 g/mol. The van der Waals surface area contributed by atoms with Gasteiger partial charge >= 0.3 is 0 Å². The molecule has 2 aromatic rings. The summed E-state index contributed by atoms with van der Waals surface area (Å²) in [6.07, 6.45) is 0. The van der Waals surface area contributed by atoms with Gasteiger partial charge in [0.2, 0.25) is 5.91 Å². The lowest BCUT2D eigenvalue weighted by Gasteiger charge is -2.26. The summed E-state index contributed by atoms with van der Waals surface area (Å²) in [5.74, 6) is -1.98. The number of carbonyl (C=O) groups is 3. The number of amides is 2. The van der Waals surface area contributed by atoms with Crippen molar-refractivity contribution in [1.29, 1.82) is 0 Å². The van der Waals surface area contributed by atoms with Crippen LogP contribution in [0.25, 0.3) is 5.76 Å². The van der Waals surface area contributed by atoms with E-state index in [2.05, 4.69) is 5.32 Å². The highest BCUT2D eigenvalue weighted by Crippen LogP contribution is 2.39. The van der Waals surface area contributed by atoms with Crippen LogP contribution in [0.2, 0.25) is 5.02 Å². The molecule has 162 valence electrons. The van der Waals surface area contributed by atoms with Crippen molar-refractivity contribution in [3.05, 3.63) is 70.3 Å². The quantitative estimate of drug-likeness (QED) is 0.408. The number of ketones is 1. The second-order valence-corrected chi connectivity index (χ2v) is 7.90. The summed E-state index contributed by atoms with van der Waals surface area (Å²) in [4.78, 5) is 40.3. The number of hydrogen-bond acceptors (Lipinski definition) is 5. The van der Waals surface area contributed by atoms with E-state index < -0.39 is 17.7 Å². The third-order valence-electron chi connectivity index (χ3n) is 5.11. The highest BCUT2D eigenvalue weighted by molar-refractivity contribution is 6.46. The molecule has 2 amide bonds. The van der Waals surface area contributed by atoms with Crippen LogP contribution in [0, 0.1) is 0 Å². The summed E-state index contributed by atoms with van der Waals surface area (Å²) >= 11 is 5.93. The number of likely N-dealkylation sites (tertiary alicyclic amines) is 1. The van der Waals surface area contributed by atoms with E-state index in [0.29, 0.717) is 16.1 Å². The number of Topliss-reactive ketones (excluding diaryl/α,β-unsaturated/α-hetero) is 1. The van der Waals surface area contributed by atoms with Crippen LogP contribution in [0.4, 0.5) is 5.69 Å². The summed E-state index contributed by atoms with van der Waals surface area (Å²) in [5.41, 5.74) is 2.03. The van der Waals surface area contributed by atoms with E-state index >= 15 is 0 Å². The maximum absolute atomic E-state index is 12.9. The average Bonchev–Trinajstić information content (AvgIpc) is 2.98. The first-order valence-electron chi connectivity index (χ1n) is 9.76. The molecule has 0 aromatic heterocycles. The molecule has 8 heteroatoms. The van der Waals surface area contributed by atoms with Crippen molar-refractivity contribution in [3.63, 3.8) is 0 Å². The molecule has 1 aliphatic rings. The maximum atomic E-state index is 12.9. The molecule has 0 bridgehead atoms. The predicted octanol–water partition coefficient (Wildman–Crippen LogP) is 2.96. The molecule has 2 N–H and O–H groups in total. The number of nitrogens with zero attached hydrogens (tertiary/aromatic N) is 2. The minimum Gasteiger partial charge on any atom is -0.507 e. The minimum absolute atomic E-state index is 0.00718. The van der Waals surface area contributed by atoms with Crippen LogP contribution in [0.3, 0.4) is 0 Å². The van der Waals surface area contributed by atoms with Crippen molar-refractivity contribution >= 4 is 40.6 Å². The van der Waals surface area contributed by atoms with Crippen LogP contribution < -0.4 is 10.2 Å². The fourth-order valence-corrected chi connectivity index (χ4v) is 3.65. The summed E-state index contributed by atoms with van der Waals surface area (Å²) in [6, 6.07) is 13.0. The summed E-state index contributed by atoms with van der Waals surface area (Å²) < 4.78 is 0. The number of hydrogen-bond donors (Lipinski definition) is 2. The highest BCUT2D eigenvalue weighted by Gasteiger charge is 2.45. The van der Waals surface area contributed by atoms with Gasteiger partial charge in [-0.2, -0.15) is 0 Å². The third kappa shape index (κ3) is 4.72. The third-order valence-corrected chi connectivity index (χ3v) is 5.36. The molecule has 1 fully saturated rings. The van der Waals surface area contributed by atoms with Crippen molar-refractivity contribution in [2.75, 3.05) is 32.1 Å². The number of aliphatic hydroxyl groups is 1. The number of carbonyl (C=O) groups excluding carboxylic acids is 3. The molecular formula is C23H24ClN3O4. The minimum atomic E-state index is -0.777. The van der Waals surface area contributed by atoms with Crippen molar-refractivity contribution in [1.82, 2.24) is 10.2 Å². The lowest BCUT2D eigenvalue weighted by molar-refractivity contribution is -0.139. The highest BCUT2D eigenvalue weighted by atomic mass is 35.5. The molecule has 0 radical (unpaired) electrons. The number of rotatable bonds is 6. The van der Waals surface area contributed by atoms with E-state index in [1.165, 1.54) is 11.8 Å². The van der Waals surface area contributed by atoms with Gasteiger partial charge in [-0.05, 0) is 42.0 Å². The van der Waals surface area contributed by atoms with Crippen LogP contribution in [0.5, 0.6) is 0 Å². The zero-order valence-electron chi connectivity index (χ0n) is 17.6. The second kappa shape index (κ2) is 9.22. The van der Waals surface area contributed by atoms with Crippen LogP contribution in [-0.4, -0.2) is 54.8 Å². The lowest BCUT2D eigenvalue weighted by Crippen LogP contribution is -2.37. The molecule has 1 atom stereocenters. The molecule has 0 spiro atoms. The largest absolute Gasteiger partial charge is 0.507 e. The van der Waals surface area contributed by atoms with Crippen molar-refractivity contribution in [3.8, 4) is 0 Å². The lowest BCUT2D eigenvalue weighted by atomic mass is 9.95. The Bertz CT molecular complexity index is 1030. The van der Waals surface area contributed by atoms with Gasteiger partial charge < -0.3 is 20.2 Å². The van der Waals surface area contributed by atoms with Crippen molar-refractivity contribution in [2.24, 2.45) is 0 Å². The SMILES string of the molecule is CC(=O)NCCN1C(=O)C(=O)/C(=C(\O)c2ccc(Cl)cc2)C1c1ccc(N(C)C)cc1. The first kappa shape index (κ1) is 22.4. The Hall–Kier alpha value is -3.32. The molecule has 1 heterocycles. The van der Waals surface area contributed by atoms with Crippen LogP contribution in [0.15, 0.2) is 54.1 Å². The van der Waals surface area contributed by atoms with Gasteiger partial charge in [0.05, 0.1) is 11.6 Å². The van der Waals surface area contributed by atoms with Gasteiger partial charge in [-0.15, -0.1) is 0 Å². The van der Waals surface area contributed by atoms with E-state index in [1.54, 1.807) is 24.3 Å². The van der Waals surface area contributed by atoms with Gasteiger partial charge in [0.25, 0.3) is 11.7 Å². The molecule has 1 unspecified atom stereocenters. The van der Waals surface area contributed by atoms with E-state index in [1.807, 2.05) is 43.3 Å². The van der Waals surface area contributed by atoms with Crippen LogP contribution in [0.1, 0.15) is 24.1 Å². The van der Waals surface area contributed by atoms with Gasteiger partial charge in [0, 0.05) is 50.4 Å². The molecule has 3 rings (SSSR count). The second-order valence-electron chi connectivity index (χ2n) is 7.47. The van der Waals surface area contributed by atoms with Crippen LogP contribution >= 0.6 is 11.6 Å². The molecular weight excluding hydrogens is 418 g/mol. The molecule has 0 aliphatic carbocycles. The molecule has 0 saturated carbocycles. The zero-order valence-corrected chi connectivity index (χ0v) is 18.3. The molecule has 2 aromatic carbocycles. The molecule has 1 aliphatic heterocycles. The summed E-state index contributed by atoms with van der Waals surface area (Å²) in [6.45, 7) is 1.70. The van der Waals surface area contributed by atoms with E-state index in [0.717, 1.165) is 5.69 Å². The fraction of sp³-hybridized carbons (Fsp3) is 0.261. The number of benzene rings is 2. The maximum Gasteiger partial charge on any atom is 0.295 e. The Kier molecular flexibility index (Phi) is 6.65. The first-order valence-corrected chi connectivity index (χ1v) is 10.1. The van der Waals surface area contributed by atoms with Gasteiger partial charge in [-0.25, -0.2) is 0 Å². The smallest absolute Gasteiger partial charge is 0.295 e. The number of aliphatic hydroxyl groups excluding tert-OH is 1. The first-order chi connectivity index (χ1) is 14.7. The summed E-state index contributed by atoms with van der Waals surface area (Å²) in [7, 11) is 3.82. The molecule has 7 nitrogen and oxygen atoms in total. The zero-order chi connectivity index (χ0) is 22.7. The van der Waals surface area contributed by atoms with Gasteiger partial charge in [0.15, 0.2) is 0 Å². The Morgan fingerprint density at radius 2 is 1.71 bits per heavy atom. The Morgan fingerprint density at radius 1 is 1.10 bits per heavy atom. The van der Waals surface area contributed by atoms with E-state index in [4.69, 9.17) is 11.6 Å². The van der Waals surface area contributed by atoms with Crippen molar-refractivity contribution < 1.29 is 19.5 Å². The summed E-state index contributed by atoms with van der Waals surface area (Å²) in [5, 5.41) is 14.1. The van der Waals surface area contributed by atoms with Gasteiger partial charge in [-0.1, -0.05) is 23.7 Å². The Balaban J connectivity index is 2.09. The standard InChI is InChI=1S/C23H24ClN3O4/c1-14(28)25-12-13-27-20(15-6-10-18(11-7-15)26(2)3)19(22(30)23(27)31)21(29)16-4-8-17(24)9-5-16/h4-11,20,29H,12-13H2,1-3H3,(H,25,28)/b21-19-. The topological polar surface area (TPSA) is 90.0 Å². The predicted molar refractivity (Wildman–Crippen MR) is 120 cm³/mol. The Morgan fingerprint density at radius 3 is 2.26 bits per heavy atom. The van der Waals surface area contributed by atoms with Gasteiger partial charge in [-0.3, -0.25) is 14.4 Å². The number of nitrogens with one attached hydrogen (secondary N) is 1. The van der Waals surface area contributed by atoms with Crippen LogP contribution in [-0.2, 0) is 14.4 Å². The number of anilines is 1. The monoisotopic (exact) mass is 441 g/mol. The normalized spacial score (nSPS) is 17.7. The number of halogens is 1. The van der Waals surface area contributed by atoms with Crippen molar-refractivity contribution in [2.45, 2.75) is 13.0 Å². The van der Waals surface area contributed by atoms with E-state index in [-0.39, 0.29) is 30.3 Å². The van der Waals surface area contributed by atoms with E-state index in [9.17, 15) is 19.5 Å². The molecule has 1 saturated heterocycles. The molecule has 31 heavy (non-hydrogen) atoms. The van der Waals surface area contributed by atoms with Gasteiger partial charge in [0.1, 0.15) is 5.76 Å².